The highest BCUT2D eigenvalue weighted by Gasteiger charge is 2.12. The van der Waals surface area contributed by atoms with E-state index in [-0.39, 0.29) is 12.0 Å². The number of hydrazine groups is 1. The summed E-state index contributed by atoms with van der Waals surface area (Å²) < 4.78 is 0. The van der Waals surface area contributed by atoms with Crippen molar-refractivity contribution in [3.8, 4) is 6.01 Å². The van der Waals surface area contributed by atoms with Crippen molar-refractivity contribution in [2.45, 2.75) is 6.42 Å². The van der Waals surface area contributed by atoms with Crippen LogP contribution in [0.5, 0.6) is 6.01 Å². The summed E-state index contributed by atoms with van der Waals surface area (Å²) in [5.74, 6) is 6.67. The molecule has 3 rings (SSSR count). The van der Waals surface area contributed by atoms with E-state index in [0.29, 0.717) is 12.2 Å². The van der Waals surface area contributed by atoms with E-state index in [1.54, 1.807) is 0 Å². The standard InChI is InChI=1S/C16H15N5O/c17-21(13-9-5-2-6-10-13)15-18-14(19-16(22)20-15)11-12-7-3-1-4-8-12/h1-10H,11,17H2,(H,18,19,20,22). The summed E-state index contributed by atoms with van der Waals surface area (Å²) in [7, 11) is 0. The van der Waals surface area contributed by atoms with Crippen molar-refractivity contribution in [3.05, 3.63) is 72.1 Å². The highest BCUT2D eigenvalue weighted by Crippen LogP contribution is 2.19. The van der Waals surface area contributed by atoms with Gasteiger partial charge in [-0.1, -0.05) is 48.5 Å². The molecule has 1 aromatic heterocycles. The molecule has 110 valence electrons. The molecule has 0 spiro atoms. The van der Waals surface area contributed by atoms with E-state index < -0.39 is 0 Å². The summed E-state index contributed by atoms with van der Waals surface area (Å²) in [5, 5.41) is 11.0. The third-order valence-corrected chi connectivity index (χ3v) is 3.11. The second kappa shape index (κ2) is 6.19. The van der Waals surface area contributed by atoms with Gasteiger partial charge in [0.2, 0.25) is 0 Å². The Balaban J connectivity index is 1.90. The van der Waals surface area contributed by atoms with Crippen molar-refractivity contribution < 1.29 is 5.11 Å². The third kappa shape index (κ3) is 3.18. The monoisotopic (exact) mass is 293 g/mol. The van der Waals surface area contributed by atoms with Crippen LogP contribution in [0.4, 0.5) is 11.6 Å². The Morgan fingerprint density at radius 1 is 0.864 bits per heavy atom. The van der Waals surface area contributed by atoms with E-state index in [2.05, 4.69) is 15.0 Å². The molecule has 6 heteroatoms. The summed E-state index contributed by atoms with van der Waals surface area (Å²) in [6, 6.07) is 18.7. The smallest absolute Gasteiger partial charge is 0.319 e. The maximum atomic E-state index is 9.72. The molecule has 0 aliphatic carbocycles. The summed E-state index contributed by atoms with van der Waals surface area (Å²) >= 11 is 0. The molecule has 0 atom stereocenters. The van der Waals surface area contributed by atoms with Crippen LogP contribution in [0.1, 0.15) is 11.4 Å². The molecule has 0 fully saturated rings. The lowest BCUT2D eigenvalue weighted by atomic mass is 10.1. The minimum atomic E-state index is -0.345. The Morgan fingerprint density at radius 2 is 1.50 bits per heavy atom. The van der Waals surface area contributed by atoms with Gasteiger partial charge < -0.3 is 5.11 Å². The van der Waals surface area contributed by atoms with Crippen LogP contribution < -0.4 is 10.9 Å². The van der Waals surface area contributed by atoms with Gasteiger partial charge >= 0.3 is 6.01 Å². The first kappa shape index (κ1) is 14.0. The number of aromatic nitrogens is 3. The number of hydrogen-bond donors (Lipinski definition) is 2. The van der Waals surface area contributed by atoms with Crippen molar-refractivity contribution in [2.24, 2.45) is 5.84 Å². The zero-order valence-electron chi connectivity index (χ0n) is 11.8. The first-order chi connectivity index (χ1) is 10.7. The number of anilines is 2. The molecule has 0 bridgehead atoms. The normalized spacial score (nSPS) is 10.4. The van der Waals surface area contributed by atoms with Gasteiger partial charge in [0.05, 0.1) is 5.69 Å². The van der Waals surface area contributed by atoms with Crippen molar-refractivity contribution in [2.75, 3.05) is 5.01 Å². The summed E-state index contributed by atoms with van der Waals surface area (Å²) in [6.07, 6.45) is 0.493. The molecule has 0 saturated heterocycles. The first-order valence-corrected chi connectivity index (χ1v) is 6.80. The van der Waals surface area contributed by atoms with E-state index in [1.165, 1.54) is 5.01 Å². The SMILES string of the molecule is NN(c1ccccc1)c1nc(O)nc(Cc2ccccc2)n1. The molecule has 0 unspecified atom stereocenters. The molecule has 0 radical (unpaired) electrons. The topological polar surface area (TPSA) is 88.2 Å². The lowest BCUT2D eigenvalue weighted by Gasteiger charge is -2.16. The van der Waals surface area contributed by atoms with E-state index in [9.17, 15) is 5.11 Å². The summed E-state index contributed by atoms with van der Waals surface area (Å²) in [6.45, 7) is 0. The Morgan fingerprint density at radius 3 is 2.18 bits per heavy atom. The van der Waals surface area contributed by atoms with Gasteiger partial charge in [-0.3, -0.25) is 0 Å². The first-order valence-electron chi connectivity index (χ1n) is 6.80. The maximum Gasteiger partial charge on any atom is 0.319 e. The maximum absolute atomic E-state index is 9.72. The molecule has 2 aromatic carbocycles. The number of hydrogen-bond acceptors (Lipinski definition) is 6. The van der Waals surface area contributed by atoms with E-state index in [0.717, 1.165) is 11.3 Å². The molecule has 0 aliphatic heterocycles. The van der Waals surface area contributed by atoms with Gasteiger partial charge in [-0.05, 0) is 17.7 Å². The Hall–Kier alpha value is -2.99. The molecular formula is C16H15N5O. The Kier molecular flexibility index (Phi) is 3.93. The second-order valence-electron chi connectivity index (χ2n) is 4.72. The van der Waals surface area contributed by atoms with Crippen LogP contribution in [0.2, 0.25) is 0 Å². The zero-order valence-corrected chi connectivity index (χ0v) is 11.8. The largest absolute Gasteiger partial charge is 0.479 e. The molecule has 6 nitrogen and oxygen atoms in total. The zero-order chi connectivity index (χ0) is 15.4. The average Bonchev–Trinajstić information content (AvgIpc) is 2.55. The molecule has 0 saturated carbocycles. The predicted octanol–water partition coefficient (Wildman–Crippen LogP) is 2.18. The second-order valence-corrected chi connectivity index (χ2v) is 4.72. The lowest BCUT2D eigenvalue weighted by Crippen LogP contribution is -2.27. The fraction of sp³-hybridized carbons (Fsp3) is 0.0625. The van der Waals surface area contributed by atoms with E-state index in [1.807, 2.05) is 60.7 Å². The average molecular weight is 293 g/mol. The fourth-order valence-electron chi connectivity index (χ4n) is 2.06. The van der Waals surface area contributed by atoms with Crippen LogP contribution in [0, 0.1) is 0 Å². The number of rotatable bonds is 4. The van der Waals surface area contributed by atoms with Crippen molar-refractivity contribution in [3.63, 3.8) is 0 Å². The minimum absolute atomic E-state index is 0.199. The van der Waals surface area contributed by atoms with Crippen LogP contribution in [-0.2, 0) is 6.42 Å². The van der Waals surface area contributed by atoms with Crippen LogP contribution in [0.15, 0.2) is 60.7 Å². The Bertz CT molecular complexity index is 749. The van der Waals surface area contributed by atoms with Crippen LogP contribution in [0.25, 0.3) is 0 Å². The van der Waals surface area contributed by atoms with E-state index >= 15 is 0 Å². The summed E-state index contributed by atoms with van der Waals surface area (Å²) in [4.78, 5) is 12.2. The van der Waals surface area contributed by atoms with Gasteiger partial charge in [-0.15, -0.1) is 0 Å². The molecule has 0 amide bonds. The van der Waals surface area contributed by atoms with Crippen molar-refractivity contribution >= 4 is 11.6 Å². The van der Waals surface area contributed by atoms with Gasteiger partial charge in [-0.2, -0.15) is 15.0 Å². The lowest BCUT2D eigenvalue weighted by molar-refractivity contribution is 0.425. The Labute approximate surface area is 127 Å². The van der Waals surface area contributed by atoms with Gasteiger partial charge in [0.15, 0.2) is 0 Å². The molecule has 3 aromatic rings. The number of aromatic hydroxyl groups is 1. The molecular weight excluding hydrogens is 278 g/mol. The van der Waals surface area contributed by atoms with Crippen LogP contribution in [0.3, 0.4) is 0 Å². The van der Waals surface area contributed by atoms with Gasteiger partial charge in [0.1, 0.15) is 5.82 Å². The van der Waals surface area contributed by atoms with Crippen LogP contribution in [-0.4, -0.2) is 20.1 Å². The van der Waals surface area contributed by atoms with Crippen molar-refractivity contribution in [1.29, 1.82) is 0 Å². The molecule has 3 N–H and O–H groups in total. The molecule has 1 heterocycles. The summed E-state index contributed by atoms with van der Waals surface area (Å²) in [5.41, 5.74) is 1.76. The highest BCUT2D eigenvalue weighted by atomic mass is 16.3. The molecule has 0 aliphatic rings. The van der Waals surface area contributed by atoms with Crippen LogP contribution >= 0.6 is 0 Å². The van der Waals surface area contributed by atoms with E-state index in [4.69, 9.17) is 5.84 Å². The third-order valence-electron chi connectivity index (χ3n) is 3.11. The van der Waals surface area contributed by atoms with Gasteiger partial charge in [-0.25, -0.2) is 10.9 Å². The van der Waals surface area contributed by atoms with Gasteiger partial charge in [0, 0.05) is 6.42 Å². The minimum Gasteiger partial charge on any atom is -0.479 e. The van der Waals surface area contributed by atoms with Gasteiger partial charge in [0.25, 0.3) is 5.95 Å². The predicted molar refractivity (Wildman–Crippen MR) is 83.5 cm³/mol. The van der Waals surface area contributed by atoms with Crippen molar-refractivity contribution in [1.82, 2.24) is 15.0 Å². The quantitative estimate of drug-likeness (QED) is 0.566. The fourth-order valence-corrected chi connectivity index (χ4v) is 2.06. The number of benzene rings is 2. The number of para-hydroxylation sites is 1. The highest BCUT2D eigenvalue weighted by molar-refractivity contribution is 5.54. The number of nitrogens with two attached hydrogens (primary N) is 1. The molecule has 22 heavy (non-hydrogen) atoms. The number of nitrogens with zero attached hydrogens (tertiary/aromatic N) is 4.